The van der Waals surface area contributed by atoms with Crippen LogP contribution in [-0.2, 0) is 12.6 Å². The normalized spacial score (nSPS) is 13.5. The van der Waals surface area contributed by atoms with Gasteiger partial charge in [-0.15, -0.1) is 0 Å². The number of halogens is 6. The van der Waals surface area contributed by atoms with Crippen molar-refractivity contribution in [3.63, 3.8) is 0 Å². The van der Waals surface area contributed by atoms with Crippen LogP contribution in [0.1, 0.15) is 45.1 Å². The molecule has 37 heavy (non-hydrogen) atoms. The Kier molecular flexibility index (Phi) is 7.54. The predicted molar refractivity (Wildman–Crippen MR) is 127 cm³/mol. The van der Waals surface area contributed by atoms with Crippen molar-refractivity contribution in [2.45, 2.75) is 31.2 Å². The van der Waals surface area contributed by atoms with Gasteiger partial charge in [0.05, 0.1) is 17.7 Å². The zero-order chi connectivity index (χ0) is 26.7. The Morgan fingerprint density at radius 2 is 1.46 bits per heavy atom. The van der Waals surface area contributed by atoms with E-state index >= 15 is 0 Å². The number of carbonyl (C=O) groups excluding carboxylic acids is 1. The van der Waals surface area contributed by atoms with E-state index in [9.17, 15) is 36.2 Å². The number of rotatable bonds is 7. The first-order chi connectivity index (χ1) is 17.5. The summed E-state index contributed by atoms with van der Waals surface area (Å²) in [4.78, 5) is 13.3. The van der Waals surface area contributed by atoms with Gasteiger partial charge >= 0.3 is 6.18 Å². The standard InChI is InChI=1S/C28H21F6NO2/c29-19-11-7-17(8-12-19)25(36)24(15-16-5-9-18(10-6-16)28(32,33)34)35-27(37)23-14-13-22(26(30)31)20-3-1-2-4-21(20)23/h1-14,24-26,36H,15H2,(H,35,37)/t24-,25-/m0/s1. The van der Waals surface area contributed by atoms with Gasteiger partial charge in [-0.05, 0) is 58.7 Å². The zero-order valence-electron chi connectivity index (χ0n) is 19.1. The van der Waals surface area contributed by atoms with Crippen LogP contribution in [-0.4, -0.2) is 17.1 Å². The molecule has 2 atom stereocenters. The topological polar surface area (TPSA) is 49.3 Å². The van der Waals surface area contributed by atoms with Crippen LogP contribution in [0.2, 0.25) is 0 Å². The Hall–Kier alpha value is -3.85. The Bertz CT molecular complexity index is 1380. The Morgan fingerprint density at radius 3 is 2.05 bits per heavy atom. The molecule has 4 aromatic carbocycles. The van der Waals surface area contributed by atoms with Crippen molar-refractivity contribution in [1.29, 1.82) is 0 Å². The molecular formula is C28H21F6NO2. The smallest absolute Gasteiger partial charge is 0.386 e. The van der Waals surface area contributed by atoms with E-state index in [1.165, 1.54) is 42.5 Å². The van der Waals surface area contributed by atoms with Gasteiger partial charge in [-0.3, -0.25) is 4.79 Å². The van der Waals surface area contributed by atoms with Gasteiger partial charge in [0, 0.05) is 11.1 Å². The average Bonchev–Trinajstić information content (AvgIpc) is 2.87. The number of hydrogen-bond donors (Lipinski definition) is 2. The highest BCUT2D eigenvalue weighted by Gasteiger charge is 2.30. The van der Waals surface area contributed by atoms with Gasteiger partial charge < -0.3 is 10.4 Å². The lowest BCUT2D eigenvalue weighted by Gasteiger charge is -2.25. The van der Waals surface area contributed by atoms with Crippen LogP contribution in [0.4, 0.5) is 26.3 Å². The summed E-state index contributed by atoms with van der Waals surface area (Å²) >= 11 is 0. The van der Waals surface area contributed by atoms with Crippen LogP contribution in [0.25, 0.3) is 10.8 Å². The molecule has 4 rings (SSSR count). The molecule has 0 bridgehead atoms. The van der Waals surface area contributed by atoms with Crippen LogP contribution in [0, 0.1) is 5.82 Å². The average molecular weight is 517 g/mol. The Balaban J connectivity index is 1.67. The van der Waals surface area contributed by atoms with E-state index in [2.05, 4.69) is 5.32 Å². The molecule has 0 saturated heterocycles. The number of alkyl halides is 5. The number of fused-ring (bicyclic) bond motifs is 1. The summed E-state index contributed by atoms with van der Waals surface area (Å²) in [5.74, 6) is -1.21. The molecule has 4 aromatic rings. The second-order valence-corrected chi connectivity index (χ2v) is 8.52. The summed E-state index contributed by atoms with van der Waals surface area (Å²) in [7, 11) is 0. The lowest BCUT2D eigenvalue weighted by atomic mass is 9.94. The lowest BCUT2D eigenvalue weighted by Crippen LogP contribution is -2.41. The highest BCUT2D eigenvalue weighted by atomic mass is 19.4. The van der Waals surface area contributed by atoms with Crippen molar-refractivity contribution in [1.82, 2.24) is 5.32 Å². The van der Waals surface area contributed by atoms with Crippen molar-refractivity contribution in [2.75, 3.05) is 0 Å². The van der Waals surface area contributed by atoms with E-state index in [1.54, 1.807) is 12.1 Å². The quantitative estimate of drug-likeness (QED) is 0.259. The van der Waals surface area contributed by atoms with E-state index in [1.807, 2.05) is 0 Å². The van der Waals surface area contributed by atoms with Crippen LogP contribution < -0.4 is 5.32 Å². The molecule has 0 aromatic heterocycles. The molecule has 0 unspecified atom stereocenters. The number of aliphatic hydroxyl groups is 1. The minimum Gasteiger partial charge on any atom is -0.386 e. The molecule has 2 N–H and O–H groups in total. The van der Waals surface area contributed by atoms with E-state index < -0.39 is 42.0 Å². The van der Waals surface area contributed by atoms with Crippen LogP contribution in [0.15, 0.2) is 84.9 Å². The summed E-state index contributed by atoms with van der Waals surface area (Å²) in [6.07, 6.45) is -8.69. The third-order valence-corrected chi connectivity index (χ3v) is 6.08. The summed E-state index contributed by atoms with van der Waals surface area (Å²) in [5.41, 5.74) is -0.320. The van der Waals surface area contributed by atoms with Crippen molar-refractivity contribution < 1.29 is 36.2 Å². The lowest BCUT2D eigenvalue weighted by molar-refractivity contribution is -0.137. The molecule has 0 aliphatic heterocycles. The first-order valence-electron chi connectivity index (χ1n) is 11.2. The Labute approximate surface area is 208 Å². The molecule has 9 heteroatoms. The summed E-state index contributed by atoms with van der Waals surface area (Å²) in [5, 5.41) is 14.2. The summed E-state index contributed by atoms with van der Waals surface area (Å²) in [6, 6.07) is 16.8. The van der Waals surface area contributed by atoms with Gasteiger partial charge in [0.25, 0.3) is 12.3 Å². The van der Waals surface area contributed by atoms with Crippen LogP contribution in [0.5, 0.6) is 0 Å². The number of aliphatic hydroxyl groups excluding tert-OH is 1. The SMILES string of the molecule is O=C(N[C@@H](Cc1ccc(C(F)(F)F)cc1)[C@@H](O)c1ccc(F)cc1)c1ccc(C(F)F)c2ccccc12. The minimum atomic E-state index is -4.52. The zero-order valence-corrected chi connectivity index (χ0v) is 19.1. The molecule has 0 fully saturated rings. The number of carbonyl (C=O) groups is 1. The third-order valence-electron chi connectivity index (χ3n) is 6.08. The monoisotopic (exact) mass is 517 g/mol. The van der Waals surface area contributed by atoms with Crippen LogP contribution in [0.3, 0.4) is 0 Å². The minimum absolute atomic E-state index is 0.0600. The van der Waals surface area contributed by atoms with Gasteiger partial charge in [-0.1, -0.05) is 54.6 Å². The molecule has 192 valence electrons. The maximum atomic E-state index is 13.5. The van der Waals surface area contributed by atoms with Crippen molar-refractivity contribution in [3.8, 4) is 0 Å². The number of amides is 1. The van der Waals surface area contributed by atoms with E-state index in [0.717, 1.165) is 30.3 Å². The highest BCUT2D eigenvalue weighted by molar-refractivity contribution is 6.08. The number of nitrogens with one attached hydrogen (secondary N) is 1. The molecule has 0 heterocycles. The largest absolute Gasteiger partial charge is 0.416 e. The van der Waals surface area contributed by atoms with Crippen molar-refractivity contribution in [3.05, 3.63) is 119 Å². The molecule has 3 nitrogen and oxygen atoms in total. The molecule has 0 spiro atoms. The number of benzene rings is 4. The van der Waals surface area contributed by atoms with Crippen molar-refractivity contribution in [2.24, 2.45) is 0 Å². The second-order valence-electron chi connectivity index (χ2n) is 8.52. The van der Waals surface area contributed by atoms with E-state index in [0.29, 0.717) is 5.56 Å². The third kappa shape index (κ3) is 5.94. The maximum Gasteiger partial charge on any atom is 0.416 e. The fourth-order valence-corrected chi connectivity index (χ4v) is 4.17. The summed E-state index contributed by atoms with van der Waals surface area (Å²) < 4.78 is 79.2. The first kappa shape index (κ1) is 26.2. The fraction of sp³-hybridized carbons (Fsp3) is 0.179. The molecule has 0 saturated carbocycles. The van der Waals surface area contributed by atoms with E-state index in [-0.39, 0.29) is 33.9 Å². The predicted octanol–water partition coefficient (Wildman–Crippen LogP) is 7.01. The van der Waals surface area contributed by atoms with Crippen LogP contribution >= 0.6 is 0 Å². The van der Waals surface area contributed by atoms with Crippen molar-refractivity contribution >= 4 is 16.7 Å². The van der Waals surface area contributed by atoms with Gasteiger partial charge in [0.15, 0.2) is 0 Å². The molecule has 0 aliphatic carbocycles. The number of hydrogen-bond acceptors (Lipinski definition) is 2. The first-order valence-corrected chi connectivity index (χ1v) is 11.2. The second kappa shape index (κ2) is 10.6. The fourth-order valence-electron chi connectivity index (χ4n) is 4.17. The van der Waals surface area contributed by atoms with Gasteiger partial charge in [-0.2, -0.15) is 13.2 Å². The van der Waals surface area contributed by atoms with E-state index in [4.69, 9.17) is 0 Å². The molecule has 0 radical (unpaired) electrons. The molecule has 0 aliphatic rings. The molecule has 1 amide bonds. The maximum absolute atomic E-state index is 13.5. The molecular weight excluding hydrogens is 496 g/mol. The van der Waals surface area contributed by atoms with Gasteiger partial charge in [0.2, 0.25) is 0 Å². The summed E-state index contributed by atoms with van der Waals surface area (Å²) in [6.45, 7) is 0. The van der Waals surface area contributed by atoms with Gasteiger partial charge in [-0.25, -0.2) is 13.2 Å². The van der Waals surface area contributed by atoms with Gasteiger partial charge in [0.1, 0.15) is 5.82 Å². The Morgan fingerprint density at radius 1 is 0.838 bits per heavy atom. The highest BCUT2D eigenvalue weighted by Crippen LogP contribution is 2.31.